The fourth-order valence-electron chi connectivity index (χ4n) is 1.27. The van der Waals surface area contributed by atoms with Gasteiger partial charge in [0.2, 0.25) is 5.91 Å². The van der Waals surface area contributed by atoms with Crippen molar-refractivity contribution in [1.29, 1.82) is 0 Å². The van der Waals surface area contributed by atoms with Crippen LogP contribution in [0.25, 0.3) is 0 Å². The van der Waals surface area contributed by atoms with Gasteiger partial charge in [-0.3, -0.25) is 9.78 Å². The molecule has 1 heterocycles. The molecule has 6 heteroatoms. The van der Waals surface area contributed by atoms with Gasteiger partial charge in [0.1, 0.15) is 0 Å². The van der Waals surface area contributed by atoms with E-state index in [9.17, 15) is 4.79 Å². The van der Waals surface area contributed by atoms with Gasteiger partial charge in [-0.2, -0.15) is 0 Å². The summed E-state index contributed by atoms with van der Waals surface area (Å²) in [6.07, 6.45) is 1.71. The molecule has 17 heavy (non-hydrogen) atoms. The minimum atomic E-state index is -0.0467. The Morgan fingerprint density at radius 3 is 2.65 bits per heavy atom. The van der Waals surface area contributed by atoms with Gasteiger partial charge in [-0.05, 0) is 26.1 Å². The van der Waals surface area contributed by atoms with Crippen LogP contribution in [0.3, 0.4) is 0 Å². The summed E-state index contributed by atoms with van der Waals surface area (Å²) in [4.78, 5) is 15.8. The lowest BCUT2D eigenvalue weighted by atomic mass is 10.1. The molecule has 0 aliphatic rings. The van der Waals surface area contributed by atoms with Crippen molar-refractivity contribution >= 4 is 36.4 Å². The van der Waals surface area contributed by atoms with Crippen molar-refractivity contribution < 1.29 is 4.79 Å². The number of pyridine rings is 1. The quantitative estimate of drug-likeness (QED) is 0.887. The Morgan fingerprint density at radius 2 is 2.12 bits per heavy atom. The second kappa shape index (κ2) is 9.22. The summed E-state index contributed by atoms with van der Waals surface area (Å²) < 4.78 is 0. The third kappa shape index (κ3) is 5.86. The van der Waals surface area contributed by atoms with Gasteiger partial charge in [0.15, 0.2) is 0 Å². The van der Waals surface area contributed by atoms with E-state index in [0.717, 1.165) is 11.4 Å². The number of carbonyl (C=O) groups is 1. The number of aryl methyl sites for hydroxylation is 1. The Bertz CT molecular complexity index is 347. The fourth-order valence-corrected chi connectivity index (χ4v) is 1.27. The van der Waals surface area contributed by atoms with Crippen LogP contribution in [0.15, 0.2) is 18.3 Å². The smallest absolute Gasteiger partial charge is 0.228 e. The van der Waals surface area contributed by atoms with Crippen LogP contribution in [0.4, 0.5) is 5.69 Å². The molecule has 1 aromatic heterocycles. The predicted molar refractivity (Wildman–Crippen MR) is 75.2 cm³/mol. The van der Waals surface area contributed by atoms with E-state index in [1.165, 1.54) is 0 Å². The highest BCUT2D eigenvalue weighted by Gasteiger charge is 2.12. The Hall–Kier alpha value is -0.840. The molecular weight excluding hydrogens is 261 g/mol. The topological polar surface area (TPSA) is 54.0 Å². The normalized spacial score (nSPS) is 10.8. The standard InChI is InChI=1S/C11H17N3O.2ClH/c1-8(7-12-3)11(15)14-10-5-4-6-13-9(10)2;;/h4-6,8,12H,7H2,1-3H3,(H,14,15);2*1H. The van der Waals surface area contributed by atoms with Crippen LogP contribution < -0.4 is 10.6 Å². The zero-order valence-corrected chi connectivity index (χ0v) is 11.8. The first-order valence-corrected chi connectivity index (χ1v) is 5.02. The van der Waals surface area contributed by atoms with Gasteiger partial charge in [-0.15, -0.1) is 24.8 Å². The zero-order valence-electron chi connectivity index (χ0n) is 10.2. The summed E-state index contributed by atoms with van der Waals surface area (Å²) >= 11 is 0. The molecule has 0 spiro atoms. The van der Waals surface area contributed by atoms with Crippen molar-refractivity contribution in [2.75, 3.05) is 18.9 Å². The number of aromatic nitrogens is 1. The number of anilines is 1. The summed E-state index contributed by atoms with van der Waals surface area (Å²) in [5.41, 5.74) is 1.62. The Balaban J connectivity index is 0. The number of hydrogen-bond donors (Lipinski definition) is 2. The summed E-state index contributed by atoms with van der Waals surface area (Å²) in [6.45, 7) is 4.43. The van der Waals surface area contributed by atoms with Gasteiger partial charge in [-0.25, -0.2) is 0 Å². The maximum atomic E-state index is 11.7. The highest BCUT2D eigenvalue weighted by molar-refractivity contribution is 5.92. The molecule has 1 aromatic rings. The third-order valence-corrected chi connectivity index (χ3v) is 2.22. The highest BCUT2D eigenvalue weighted by Crippen LogP contribution is 2.11. The molecule has 1 rings (SSSR count). The second-order valence-corrected chi connectivity index (χ2v) is 3.58. The molecule has 0 saturated heterocycles. The van der Waals surface area contributed by atoms with E-state index >= 15 is 0 Å². The molecule has 0 aromatic carbocycles. The summed E-state index contributed by atoms with van der Waals surface area (Å²) in [7, 11) is 1.83. The van der Waals surface area contributed by atoms with Crippen LogP contribution in [0.1, 0.15) is 12.6 Å². The lowest BCUT2D eigenvalue weighted by Crippen LogP contribution is -2.28. The van der Waals surface area contributed by atoms with Crippen molar-refractivity contribution in [3.05, 3.63) is 24.0 Å². The number of carbonyl (C=O) groups excluding carboxylic acids is 1. The van der Waals surface area contributed by atoms with Gasteiger partial charge >= 0.3 is 0 Å². The van der Waals surface area contributed by atoms with Crippen LogP contribution >= 0.6 is 24.8 Å². The molecule has 1 amide bonds. The summed E-state index contributed by atoms with van der Waals surface area (Å²) in [5, 5.41) is 5.83. The molecule has 0 aliphatic carbocycles. The lowest BCUT2D eigenvalue weighted by molar-refractivity contribution is -0.119. The third-order valence-electron chi connectivity index (χ3n) is 2.22. The first kappa shape index (κ1) is 18.5. The van der Waals surface area contributed by atoms with E-state index in [1.807, 2.05) is 33.0 Å². The zero-order chi connectivity index (χ0) is 11.3. The molecule has 0 radical (unpaired) electrons. The number of nitrogens with zero attached hydrogens (tertiary/aromatic N) is 1. The molecule has 1 atom stereocenters. The van der Waals surface area contributed by atoms with Crippen LogP contribution in [-0.2, 0) is 4.79 Å². The molecule has 0 saturated carbocycles. The van der Waals surface area contributed by atoms with Crippen LogP contribution in [0, 0.1) is 12.8 Å². The predicted octanol–water partition coefficient (Wildman–Crippen LogP) is 2.03. The van der Waals surface area contributed by atoms with Gasteiger partial charge < -0.3 is 10.6 Å². The minimum Gasteiger partial charge on any atom is -0.324 e. The van der Waals surface area contributed by atoms with Crippen molar-refractivity contribution in [2.45, 2.75) is 13.8 Å². The maximum Gasteiger partial charge on any atom is 0.228 e. The van der Waals surface area contributed by atoms with Crippen molar-refractivity contribution in [1.82, 2.24) is 10.3 Å². The minimum absolute atomic E-state index is 0. The SMILES string of the molecule is CNCC(C)C(=O)Nc1cccnc1C.Cl.Cl. The molecule has 1 unspecified atom stereocenters. The second-order valence-electron chi connectivity index (χ2n) is 3.58. The molecule has 0 fully saturated rings. The fraction of sp³-hybridized carbons (Fsp3) is 0.455. The number of hydrogen-bond acceptors (Lipinski definition) is 3. The van der Waals surface area contributed by atoms with Gasteiger partial charge in [-0.1, -0.05) is 6.92 Å². The Labute approximate surface area is 114 Å². The first-order chi connectivity index (χ1) is 7.15. The van der Waals surface area contributed by atoms with Crippen LogP contribution in [0.5, 0.6) is 0 Å². The van der Waals surface area contributed by atoms with Gasteiger partial charge in [0.05, 0.1) is 11.4 Å². The molecule has 0 aliphatic heterocycles. The number of amides is 1. The van der Waals surface area contributed by atoms with Crippen molar-refractivity contribution in [3.63, 3.8) is 0 Å². The van der Waals surface area contributed by atoms with Gasteiger partial charge in [0, 0.05) is 18.7 Å². The first-order valence-electron chi connectivity index (χ1n) is 5.02. The van der Waals surface area contributed by atoms with E-state index in [4.69, 9.17) is 0 Å². The number of halogens is 2. The Kier molecular flexibility index (Phi) is 10.0. The van der Waals surface area contributed by atoms with E-state index in [1.54, 1.807) is 6.20 Å². The van der Waals surface area contributed by atoms with E-state index < -0.39 is 0 Å². The number of nitrogens with one attached hydrogen (secondary N) is 2. The molecule has 2 N–H and O–H groups in total. The van der Waals surface area contributed by atoms with E-state index in [-0.39, 0.29) is 36.6 Å². The van der Waals surface area contributed by atoms with Crippen molar-refractivity contribution in [2.24, 2.45) is 5.92 Å². The number of rotatable bonds is 4. The molecule has 0 bridgehead atoms. The lowest BCUT2D eigenvalue weighted by Gasteiger charge is -2.12. The molecule has 98 valence electrons. The average molecular weight is 280 g/mol. The van der Waals surface area contributed by atoms with E-state index in [2.05, 4.69) is 15.6 Å². The van der Waals surface area contributed by atoms with Gasteiger partial charge in [0.25, 0.3) is 0 Å². The summed E-state index contributed by atoms with van der Waals surface area (Å²) in [6, 6.07) is 3.66. The Morgan fingerprint density at radius 1 is 1.47 bits per heavy atom. The maximum absolute atomic E-state index is 11.7. The monoisotopic (exact) mass is 279 g/mol. The van der Waals surface area contributed by atoms with Crippen molar-refractivity contribution in [3.8, 4) is 0 Å². The molecule has 4 nitrogen and oxygen atoms in total. The largest absolute Gasteiger partial charge is 0.324 e. The molecular formula is C11H19Cl2N3O. The van der Waals surface area contributed by atoms with E-state index in [0.29, 0.717) is 6.54 Å². The highest BCUT2D eigenvalue weighted by atomic mass is 35.5. The van der Waals surface area contributed by atoms with Crippen LogP contribution in [-0.4, -0.2) is 24.5 Å². The average Bonchev–Trinajstić information content (AvgIpc) is 2.21. The summed E-state index contributed by atoms with van der Waals surface area (Å²) in [5.74, 6) is -0.0324. The van der Waals surface area contributed by atoms with Crippen LogP contribution in [0.2, 0.25) is 0 Å².